The molecule has 0 aliphatic rings. The van der Waals surface area contributed by atoms with Crippen LogP contribution < -0.4 is 5.90 Å². The zero-order chi connectivity index (χ0) is 6.12. The average Bonchev–Trinajstić information content (AvgIpc) is 1.69. The molecule has 44 valence electrons. The Morgan fingerprint density at radius 1 is 1.57 bits per heavy atom. The van der Waals surface area contributed by atoms with Crippen LogP contribution >= 0.6 is 0 Å². The van der Waals surface area contributed by atoms with Gasteiger partial charge in [0.2, 0.25) is 0 Å². The second kappa shape index (κ2) is 18.2. The monoisotopic (exact) mass is 106 g/mol. The van der Waals surface area contributed by atoms with Crippen molar-refractivity contribution in [3.8, 4) is 0 Å². The molecule has 0 aromatic rings. The molecule has 0 bridgehead atoms. The molecule has 0 amide bonds. The van der Waals surface area contributed by atoms with Gasteiger partial charge in [-0.1, -0.05) is 0 Å². The van der Waals surface area contributed by atoms with Gasteiger partial charge in [-0.25, -0.2) is 5.90 Å². The van der Waals surface area contributed by atoms with Crippen LogP contribution in [0, 0.1) is 0 Å². The fourth-order valence-corrected chi connectivity index (χ4v) is 0. The van der Waals surface area contributed by atoms with Gasteiger partial charge in [0.1, 0.15) is 7.11 Å². The lowest BCUT2D eigenvalue weighted by molar-refractivity contribution is 0.206. The number of oxime groups is 1. The van der Waals surface area contributed by atoms with Gasteiger partial charge in [-0.15, -0.1) is 5.16 Å². The second-order valence-corrected chi connectivity index (χ2v) is 0.547. The Morgan fingerprint density at radius 2 is 1.71 bits per heavy atom. The summed E-state index contributed by atoms with van der Waals surface area (Å²) >= 11 is 0. The summed E-state index contributed by atoms with van der Waals surface area (Å²) in [4.78, 5) is 7.81. The molecule has 7 heavy (non-hydrogen) atoms. The first-order valence-electron chi connectivity index (χ1n) is 1.55. The van der Waals surface area contributed by atoms with Crippen LogP contribution in [0.5, 0.6) is 0 Å². The summed E-state index contributed by atoms with van der Waals surface area (Å²) in [6.07, 6.45) is 0. The fraction of sp³-hybridized carbons (Fsp3) is 0.667. The highest BCUT2D eigenvalue weighted by Crippen LogP contribution is 1.49. The molecule has 0 atom stereocenters. The molecule has 0 aliphatic heterocycles. The molecule has 2 N–H and O–H groups in total. The maximum atomic E-state index is 4.35. The maximum absolute atomic E-state index is 4.35. The number of nitrogens with zero attached hydrogens (tertiary/aromatic N) is 1. The number of rotatable bonds is 1. The predicted molar refractivity (Wildman–Crippen MR) is 27.8 cm³/mol. The van der Waals surface area contributed by atoms with E-state index in [4.69, 9.17) is 0 Å². The average molecular weight is 106 g/mol. The van der Waals surface area contributed by atoms with Gasteiger partial charge in [0.15, 0.2) is 0 Å². The van der Waals surface area contributed by atoms with E-state index in [9.17, 15) is 0 Å². The molecule has 0 unspecified atom stereocenters. The quantitative estimate of drug-likeness (QED) is 0.370. The molecule has 0 radical (unpaired) electrons. The molecular formula is C3H10N2O2. The highest BCUT2D eigenvalue weighted by molar-refractivity contribution is 5.21. The van der Waals surface area contributed by atoms with Crippen molar-refractivity contribution in [3.05, 3.63) is 0 Å². The molecule has 0 aromatic carbocycles. The van der Waals surface area contributed by atoms with Gasteiger partial charge in [0, 0.05) is 6.72 Å². The SMILES string of the molecule is C=NOC.CON. The normalized spacial score (nSPS) is 5.57. The summed E-state index contributed by atoms with van der Waals surface area (Å²) in [5.74, 6) is 4.35. The van der Waals surface area contributed by atoms with E-state index in [0.29, 0.717) is 0 Å². The Bertz CT molecular complexity index is 32.1. The first-order valence-corrected chi connectivity index (χ1v) is 1.55. The van der Waals surface area contributed by atoms with Crippen molar-refractivity contribution in [2.24, 2.45) is 11.1 Å². The molecule has 0 saturated carbocycles. The zero-order valence-electron chi connectivity index (χ0n) is 4.55. The zero-order valence-corrected chi connectivity index (χ0v) is 4.55. The molecular weight excluding hydrogens is 96.0 g/mol. The minimum absolute atomic E-state index is 1.40. The Morgan fingerprint density at radius 3 is 1.71 bits per heavy atom. The lowest BCUT2D eigenvalue weighted by atomic mass is 11.7. The highest BCUT2D eigenvalue weighted by atomic mass is 16.6. The van der Waals surface area contributed by atoms with Crippen LogP contribution in [0.2, 0.25) is 0 Å². The van der Waals surface area contributed by atoms with E-state index in [2.05, 4.69) is 27.4 Å². The molecule has 0 aliphatic carbocycles. The lowest BCUT2D eigenvalue weighted by Crippen LogP contribution is -1.86. The molecule has 0 heterocycles. The van der Waals surface area contributed by atoms with E-state index in [1.807, 2.05) is 0 Å². The first-order chi connectivity index (χ1) is 3.33. The van der Waals surface area contributed by atoms with E-state index in [1.54, 1.807) is 0 Å². The van der Waals surface area contributed by atoms with E-state index in [0.717, 1.165) is 0 Å². The first kappa shape index (κ1) is 9.63. The lowest BCUT2D eigenvalue weighted by Gasteiger charge is -1.71. The van der Waals surface area contributed by atoms with E-state index < -0.39 is 0 Å². The Balaban J connectivity index is 0. The van der Waals surface area contributed by atoms with Crippen molar-refractivity contribution in [1.82, 2.24) is 0 Å². The van der Waals surface area contributed by atoms with Gasteiger partial charge < -0.3 is 9.68 Å². The number of hydrogen-bond donors (Lipinski definition) is 1. The van der Waals surface area contributed by atoms with Crippen LogP contribution in [-0.4, -0.2) is 20.9 Å². The maximum Gasteiger partial charge on any atom is 0.106 e. The summed E-state index contributed by atoms with van der Waals surface area (Å²) < 4.78 is 0. The standard InChI is InChI=1S/C2H5NO.CH5NO/c1-3-4-2;1-3-2/h1H2,2H3;2H2,1H3. The summed E-state index contributed by atoms with van der Waals surface area (Å²) in [6, 6.07) is 0. The van der Waals surface area contributed by atoms with Crippen molar-refractivity contribution in [3.63, 3.8) is 0 Å². The molecule has 0 aromatic heterocycles. The van der Waals surface area contributed by atoms with Crippen molar-refractivity contribution in [1.29, 1.82) is 0 Å². The third-order valence-electron chi connectivity index (χ3n) is 0.129. The van der Waals surface area contributed by atoms with Crippen LogP contribution in [0.3, 0.4) is 0 Å². The molecule has 0 fully saturated rings. The van der Waals surface area contributed by atoms with Crippen LogP contribution in [0.25, 0.3) is 0 Å². The van der Waals surface area contributed by atoms with Crippen LogP contribution in [0.4, 0.5) is 0 Å². The summed E-state index contributed by atoms with van der Waals surface area (Å²) in [6.45, 7) is 3.01. The van der Waals surface area contributed by atoms with E-state index in [1.165, 1.54) is 14.2 Å². The van der Waals surface area contributed by atoms with Crippen molar-refractivity contribution in [2.75, 3.05) is 14.2 Å². The van der Waals surface area contributed by atoms with E-state index >= 15 is 0 Å². The third-order valence-corrected chi connectivity index (χ3v) is 0.129. The smallest absolute Gasteiger partial charge is 0.106 e. The number of nitrogens with two attached hydrogens (primary N) is 1. The van der Waals surface area contributed by atoms with E-state index in [-0.39, 0.29) is 0 Å². The van der Waals surface area contributed by atoms with Crippen molar-refractivity contribution in [2.45, 2.75) is 0 Å². The number of hydrogen-bond acceptors (Lipinski definition) is 4. The Hall–Kier alpha value is -0.610. The van der Waals surface area contributed by atoms with Gasteiger partial charge in [0.05, 0.1) is 7.11 Å². The van der Waals surface area contributed by atoms with Gasteiger partial charge >= 0.3 is 0 Å². The largest absolute Gasteiger partial charge is 0.400 e. The summed E-state index contributed by atoms with van der Waals surface area (Å²) in [7, 11) is 2.85. The Labute approximate surface area is 42.8 Å². The second-order valence-electron chi connectivity index (χ2n) is 0.547. The third kappa shape index (κ3) is 407. The van der Waals surface area contributed by atoms with Gasteiger partial charge in [-0.3, -0.25) is 0 Å². The van der Waals surface area contributed by atoms with Crippen LogP contribution in [0.15, 0.2) is 5.16 Å². The molecule has 4 nitrogen and oxygen atoms in total. The van der Waals surface area contributed by atoms with Crippen molar-refractivity contribution >= 4 is 6.72 Å². The van der Waals surface area contributed by atoms with Gasteiger partial charge in [-0.05, 0) is 0 Å². The molecule has 0 saturated heterocycles. The van der Waals surface area contributed by atoms with Gasteiger partial charge in [-0.2, -0.15) is 0 Å². The fourth-order valence-electron chi connectivity index (χ4n) is 0. The van der Waals surface area contributed by atoms with Crippen molar-refractivity contribution < 1.29 is 9.68 Å². The minimum atomic E-state index is 1.40. The van der Waals surface area contributed by atoms with Gasteiger partial charge in [0.25, 0.3) is 0 Å². The van der Waals surface area contributed by atoms with Crippen LogP contribution in [-0.2, 0) is 9.68 Å². The highest BCUT2D eigenvalue weighted by Gasteiger charge is 1.35. The summed E-state index contributed by atoms with van der Waals surface area (Å²) in [5, 5.41) is 2.99. The topological polar surface area (TPSA) is 56.8 Å². The van der Waals surface area contributed by atoms with Crippen LogP contribution in [0.1, 0.15) is 0 Å². The minimum Gasteiger partial charge on any atom is -0.400 e. The summed E-state index contributed by atoms with van der Waals surface area (Å²) in [5.41, 5.74) is 0. The Kier molecular flexibility index (Phi) is 25.0. The molecule has 0 spiro atoms. The molecule has 0 rings (SSSR count). The predicted octanol–water partition coefficient (Wildman–Crippen LogP) is -0.245. The molecule has 4 heteroatoms.